The molecule has 1 aliphatic rings. The number of aromatic carboxylic acids is 1. The minimum atomic E-state index is -0.915. The van der Waals surface area contributed by atoms with Crippen LogP contribution in [-0.4, -0.2) is 34.2 Å². The van der Waals surface area contributed by atoms with Gasteiger partial charge in [0, 0.05) is 12.1 Å². The van der Waals surface area contributed by atoms with E-state index in [0.717, 1.165) is 34.8 Å². The van der Waals surface area contributed by atoms with E-state index in [2.05, 4.69) is 55.8 Å². The lowest BCUT2D eigenvalue weighted by molar-refractivity contribution is 0.0697. The van der Waals surface area contributed by atoms with Crippen LogP contribution in [0.15, 0.2) is 70.8 Å². The Kier molecular flexibility index (Phi) is 7.40. The fourth-order valence-electron chi connectivity index (χ4n) is 3.54. The van der Waals surface area contributed by atoms with Crippen molar-refractivity contribution in [1.29, 1.82) is 0 Å². The van der Waals surface area contributed by atoms with Gasteiger partial charge >= 0.3 is 5.97 Å². The Labute approximate surface area is 184 Å². The van der Waals surface area contributed by atoms with E-state index in [1.165, 1.54) is 0 Å². The Hall–Kier alpha value is -3.21. The van der Waals surface area contributed by atoms with E-state index in [9.17, 15) is 9.90 Å². The molecule has 0 amide bonds. The van der Waals surface area contributed by atoms with Crippen molar-refractivity contribution in [1.82, 2.24) is 4.90 Å². The molecule has 1 heterocycles. The van der Waals surface area contributed by atoms with Crippen molar-refractivity contribution in [2.24, 2.45) is 21.8 Å². The van der Waals surface area contributed by atoms with E-state index in [4.69, 9.17) is 4.99 Å². The quantitative estimate of drug-likeness (QED) is 0.583. The van der Waals surface area contributed by atoms with Crippen LogP contribution in [0.3, 0.4) is 0 Å². The molecule has 5 heteroatoms. The molecule has 0 saturated heterocycles. The van der Waals surface area contributed by atoms with Gasteiger partial charge in [-0.2, -0.15) is 0 Å². The molecule has 0 aliphatic carbocycles. The second-order valence-electron chi connectivity index (χ2n) is 8.25. The molecule has 0 fully saturated rings. The van der Waals surface area contributed by atoms with Gasteiger partial charge in [0.1, 0.15) is 11.7 Å². The number of hydrogen-bond acceptors (Lipinski definition) is 3. The monoisotopic (exact) mass is 417 g/mol. The second-order valence-corrected chi connectivity index (χ2v) is 8.25. The van der Waals surface area contributed by atoms with Gasteiger partial charge in [-0.15, -0.1) is 0 Å². The molecule has 3 rings (SSSR count). The minimum absolute atomic E-state index is 0.312. The summed E-state index contributed by atoms with van der Waals surface area (Å²) in [4.78, 5) is 23.2. The fraction of sp³-hybridized carbons (Fsp3) is 0.346. The van der Waals surface area contributed by atoms with Crippen LogP contribution >= 0.6 is 0 Å². The number of carboxylic acids is 1. The topological polar surface area (TPSA) is 65.3 Å². The minimum Gasteiger partial charge on any atom is -0.478 e. The Morgan fingerprint density at radius 2 is 1.87 bits per heavy atom. The number of carbonyl (C=O) groups is 1. The first-order valence-corrected chi connectivity index (χ1v) is 10.9. The molecule has 0 radical (unpaired) electrons. The summed E-state index contributed by atoms with van der Waals surface area (Å²) in [7, 11) is 0. The zero-order chi connectivity index (χ0) is 22.4. The molecule has 1 aliphatic heterocycles. The van der Waals surface area contributed by atoms with Gasteiger partial charge < -0.3 is 10.0 Å². The number of aliphatic imine (C=N–C) groups is 2. The number of benzene rings is 2. The third-order valence-corrected chi connectivity index (χ3v) is 5.48. The van der Waals surface area contributed by atoms with Crippen LogP contribution in [0.2, 0.25) is 0 Å². The van der Waals surface area contributed by atoms with Crippen LogP contribution in [0.5, 0.6) is 0 Å². The molecule has 5 nitrogen and oxygen atoms in total. The van der Waals surface area contributed by atoms with E-state index >= 15 is 0 Å². The average molecular weight is 418 g/mol. The SMILES string of the molecule is CCC(C)C1=NCC(=N/C=C\C(C)C)N1Cc1ccc(-c2ccccc2C(=O)O)cc1. The maximum atomic E-state index is 11.5. The lowest BCUT2D eigenvalue weighted by Crippen LogP contribution is -2.35. The number of hydrogen-bond donors (Lipinski definition) is 1. The summed E-state index contributed by atoms with van der Waals surface area (Å²) in [5.41, 5.74) is 3.07. The molecule has 2 aromatic rings. The van der Waals surface area contributed by atoms with Crippen molar-refractivity contribution in [2.45, 2.75) is 40.7 Å². The van der Waals surface area contributed by atoms with E-state index in [1.807, 2.05) is 30.5 Å². The van der Waals surface area contributed by atoms with Gasteiger partial charge in [-0.25, -0.2) is 9.79 Å². The molecule has 0 bridgehead atoms. The molecular formula is C26H31N3O2. The number of amidine groups is 2. The Bertz CT molecular complexity index is 1000. The molecule has 1 N–H and O–H groups in total. The summed E-state index contributed by atoms with van der Waals surface area (Å²) in [5.74, 6) is 1.95. The molecule has 2 aromatic carbocycles. The van der Waals surface area contributed by atoms with Crippen molar-refractivity contribution < 1.29 is 9.90 Å². The first-order valence-electron chi connectivity index (χ1n) is 10.9. The van der Waals surface area contributed by atoms with Gasteiger partial charge in [0.2, 0.25) is 0 Å². The highest BCUT2D eigenvalue weighted by Crippen LogP contribution is 2.25. The van der Waals surface area contributed by atoms with Gasteiger partial charge in [-0.3, -0.25) is 4.99 Å². The summed E-state index contributed by atoms with van der Waals surface area (Å²) in [6.07, 6.45) is 4.99. The molecular weight excluding hydrogens is 386 g/mol. The van der Waals surface area contributed by atoms with E-state index < -0.39 is 5.97 Å². The zero-order valence-corrected chi connectivity index (χ0v) is 18.7. The summed E-state index contributed by atoms with van der Waals surface area (Å²) in [6, 6.07) is 15.2. The largest absolute Gasteiger partial charge is 0.478 e. The van der Waals surface area contributed by atoms with Crippen LogP contribution in [0.4, 0.5) is 0 Å². The summed E-state index contributed by atoms with van der Waals surface area (Å²) in [5, 5.41) is 9.47. The number of nitrogens with zero attached hydrogens (tertiary/aromatic N) is 3. The highest BCUT2D eigenvalue weighted by molar-refractivity contribution is 6.07. The number of allylic oxidation sites excluding steroid dienone is 1. The summed E-state index contributed by atoms with van der Waals surface area (Å²) >= 11 is 0. The highest BCUT2D eigenvalue weighted by atomic mass is 16.4. The Balaban J connectivity index is 1.85. The number of carboxylic acid groups (broad SMARTS) is 1. The van der Waals surface area contributed by atoms with Gasteiger partial charge in [0.25, 0.3) is 0 Å². The first-order chi connectivity index (χ1) is 14.9. The molecule has 0 spiro atoms. The third-order valence-electron chi connectivity index (χ3n) is 5.48. The van der Waals surface area contributed by atoms with Gasteiger partial charge in [0.05, 0.1) is 18.7 Å². The molecule has 1 unspecified atom stereocenters. The predicted octanol–water partition coefficient (Wildman–Crippen LogP) is 5.88. The molecule has 1 atom stereocenters. The van der Waals surface area contributed by atoms with Crippen LogP contribution < -0.4 is 0 Å². The van der Waals surface area contributed by atoms with E-state index in [0.29, 0.717) is 30.5 Å². The zero-order valence-electron chi connectivity index (χ0n) is 18.7. The van der Waals surface area contributed by atoms with Crippen LogP contribution in [0, 0.1) is 11.8 Å². The van der Waals surface area contributed by atoms with E-state index in [-0.39, 0.29) is 0 Å². The van der Waals surface area contributed by atoms with Crippen molar-refractivity contribution in [2.75, 3.05) is 6.54 Å². The van der Waals surface area contributed by atoms with Crippen LogP contribution in [0.25, 0.3) is 11.1 Å². The van der Waals surface area contributed by atoms with E-state index in [1.54, 1.807) is 12.1 Å². The van der Waals surface area contributed by atoms with Crippen LogP contribution in [-0.2, 0) is 6.54 Å². The average Bonchev–Trinajstić information content (AvgIpc) is 3.15. The molecule has 162 valence electrons. The third kappa shape index (κ3) is 5.48. The molecule has 31 heavy (non-hydrogen) atoms. The van der Waals surface area contributed by atoms with Gasteiger partial charge in [0.15, 0.2) is 0 Å². The summed E-state index contributed by atoms with van der Waals surface area (Å²) < 4.78 is 0. The van der Waals surface area contributed by atoms with Crippen molar-refractivity contribution in [3.63, 3.8) is 0 Å². The van der Waals surface area contributed by atoms with Crippen LogP contribution in [0.1, 0.15) is 50.0 Å². The lowest BCUT2D eigenvalue weighted by atomic mass is 9.98. The first kappa shape index (κ1) is 22.5. The maximum absolute atomic E-state index is 11.5. The van der Waals surface area contributed by atoms with Crippen molar-refractivity contribution in [3.8, 4) is 11.1 Å². The highest BCUT2D eigenvalue weighted by Gasteiger charge is 2.26. The number of rotatable bonds is 8. The standard InChI is InChI=1S/C26H31N3O2/c1-5-19(4)25-28-16-24(27-15-14-18(2)3)29(25)17-20-10-12-21(13-11-20)22-8-6-7-9-23(22)26(30)31/h6-15,18-19H,5,16-17H2,1-4H3,(H,30,31)/b15-14-,27-24?. The smallest absolute Gasteiger partial charge is 0.336 e. The Morgan fingerprint density at radius 3 is 2.52 bits per heavy atom. The Morgan fingerprint density at radius 1 is 1.16 bits per heavy atom. The normalized spacial score (nSPS) is 16.4. The fourth-order valence-corrected chi connectivity index (χ4v) is 3.54. The molecule has 0 saturated carbocycles. The van der Waals surface area contributed by atoms with Crippen molar-refractivity contribution in [3.05, 3.63) is 71.9 Å². The van der Waals surface area contributed by atoms with Gasteiger partial charge in [-0.1, -0.05) is 76.2 Å². The molecule has 0 aromatic heterocycles. The summed E-state index contributed by atoms with van der Waals surface area (Å²) in [6.45, 7) is 9.94. The van der Waals surface area contributed by atoms with Crippen molar-refractivity contribution >= 4 is 17.6 Å². The van der Waals surface area contributed by atoms with Gasteiger partial charge in [-0.05, 0) is 35.1 Å². The lowest BCUT2D eigenvalue weighted by Gasteiger charge is -2.24. The maximum Gasteiger partial charge on any atom is 0.336 e. The predicted molar refractivity (Wildman–Crippen MR) is 128 cm³/mol. The second kappa shape index (κ2) is 10.2.